The molecule has 1 atom stereocenters. The summed E-state index contributed by atoms with van der Waals surface area (Å²) in [6.45, 7) is 0. The van der Waals surface area contributed by atoms with E-state index in [2.05, 4.69) is 12.1 Å². The summed E-state index contributed by atoms with van der Waals surface area (Å²) in [4.78, 5) is 25.6. The SMILES string of the molecule is COC(=O)C(Cc1ccccc1)OC(=O)Cc1cccc(SCc2ccccc2)c1. The molecule has 4 nitrogen and oxygen atoms in total. The molecule has 0 aromatic heterocycles. The van der Waals surface area contributed by atoms with Gasteiger partial charge in [0.15, 0.2) is 0 Å². The molecule has 0 N–H and O–H groups in total. The Bertz CT molecular complexity index is 957. The first-order valence-electron chi connectivity index (χ1n) is 9.71. The van der Waals surface area contributed by atoms with Crippen molar-refractivity contribution in [3.63, 3.8) is 0 Å². The number of methoxy groups -OCH3 is 1. The summed E-state index contributed by atoms with van der Waals surface area (Å²) in [7, 11) is 1.29. The number of rotatable bonds is 9. The molecule has 30 heavy (non-hydrogen) atoms. The maximum atomic E-state index is 12.5. The number of hydrogen-bond acceptors (Lipinski definition) is 5. The summed E-state index contributed by atoms with van der Waals surface area (Å²) >= 11 is 1.71. The van der Waals surface area contributed by atoms with Gasteiger partial charge in [0.25, 0.3) is 0 Å². The van der Waals surface area contributed by atoms with Crippen LogP contribution in [0.5, 0.6) is 0 Å². The zero-order chi connectivity index (χ0) is 21.2. The van der Waals surface area contributed by atoms with Crippen LogP contribution in [0.15, 0.2) is 89.8 Å². The largest absolute Gasteiger partial charge is 0.466 e. The van der Waals surface area contributed by atoms with E-state index in [9.17, 15) is 9.59 Å². The molecule has 3 aromatic carbocycles. The highest BCUT2D eigenvalue weighted by Crippen LogP contribution is 2.24. The number of esters is 2. The second-order valence-corrected chi connectivity index (χ2v) is 7.84. The molecule has 3 aromatic rings. The minimum Gasteiger partial charge on any atom is -0.466 e. The molecule has 0 bridgehead atoms. The fourth-order valence-electron chi connectivity index (χ4n) is 2.99. The van der Waals surface area contributed by atoms with Crippen molar-refractivity contribution in [3.8, 4) is 0 Å². The van der Waals surface area contributed by atoms with Crippen molar-refractivity contribution in [2.24, 2.45) is 0 Å². The Morgan fingerprint density at radius 3 is 2.13 bits per heavy atom. The molecule has 0 amide bonds. The molecule has 0 spiro atoms. The molecule has 0 fully saturated rings. The fourth-order valence-corrected chi connectivity index (χ4v) is 3.92. The lowest BCUT2D eigenvalue weighted by molar-refractivity contribution is -0.165. The predicted molar refractivity (Wildman–Crippen MR) is 118 cm³/mol. The monoisotopic (exact) mass is 420 g/mol. The topological polar surface area (TPSA) is 52.6 Å². The average Bonchev–Trinajstić information content (AvgIpc) is 2.78. The zero-order valence-electron chi connectivity index (χ0n) is 16.8. The van der Waals surface area contributed by atoms with E-state index in [-0.39, 0.29) is 12.8 Å². The third-order valence-corrected chi connectivity index (χ3v) is 5.56. The van der Waals surface area contributed by atoms with Gasteiger partial charge in [0.05, 0.1) is 13.5 Å². The van der Waals surface area contributed by atoms with E-state index in [4.69, 9.17) is 9.47 Å². The van der Waals surface area contributed by atoms with E-state index in [1.165, 1.54) is 12.7 Å². The molecule has 0 aliphatic rings. The molecule has 1 unspecified atom stereocenters. The number of hydrogen-bond donors (Lipinski definition) is 0. The van der Waals surface area contributed by atoms with Gasteiger partial charge in [-0.15, -0.1) is 11.8 Å². The summed E-state index contributed by atoms with van der Waals surface area (Å²) in [6, 6.07) is 27.5. The van der Waals surface area contributed by atoms with Crippen LogP contribution in [-0.2, 0) is 37.7 Å². The van der Waals surface area contributed by atoms with Crippen molar-refractivity contribution < 1.29 is 19.1 Å². The Morgan fingerprint density at radius 2 is 1.47 bits per heavy atom. The molecule has 0 aliphatic carbocycles. The maximum Gasteiger partial charge on any atom is 0.347 e. The summed E-state index contributed by atoms with van der Waals surface area (Å²) in [5.74, 6) is -0.151. The quantitative estimate of drug-likeness (QED) is 0.366. The van der Waals surface area contributed by atoms with Gasteiger partial charge in [-0.2, -0.15) is 0 Å². The van der Waals surface area contributed by atoms with Gasteiger partial charge in [0.1, 0.15) is 0 Å². The summed E-state index contributed by atoms with van der Waals surface area (Å²) in [5, 5.41) is 0. The van der Waals surface area contributed by atoms with Crippen molar-refractivity contribution in [2.75, 3.05) is 7.11 Å². The first kappa shape index (κ1) is 21.7. The third kappa shape index (κ3) is 6.78. The van der Waals surface area contributed by atoms with Gasteiger partial charge in [-0.3, -0.25) is 4.79 Å². The van der Waals surface area contributed by atoms with Gasteiger partial charge >= 0.3 is 11.9 Å². The van der Waals surface area contributed by atoms with Crippen LogP contribution in [0.1, 0.15) is 16.7 Å². The van der Waals surface area contributed by atoms with Crippen LogP contribution in [0.4, 0.5) is 0 Å². The number of carbonyl (C=O) groups is 2. The molecule has 3 rings (SSSR count). The first-order valence-corrected chi connectivity index (χ1v) is 10.7. The van der Waals surface area contributed by atoms with Crippen LogP contribution in [0.2, 0.25) is 0 Å². The Hall–Kier alpha value is -3.05. The molecular formula is C25H24O4S. The minimum absolute atomic E-state index is 0.0992. The van der Waals surface area contributed by atoms with Crippen LogP contribution in [0.25, 0.3) is 0 Å². The molecule has 0 heterocycles. The number of thioether (sulfide) groups is 1. The lowest BCUT2D eigenvalue weighted by Crippen LogP contribution is -2.31. The van der Waals surface area contributed by atoms with Crippen molar-refractivity contribution in [2.45, 2.75) is 29.6 Å². The lowest BCUT2D eigenvalue weighted by Gasteiger charge is -2.16. The third-order valence-electron chi connectivity index (χ3n) is 4.50. The van der Waals surface area contributed by atoms with Crippen LogP contribution < -0.4 is 0 Å². The molecule has 154 valence electrons. The number of ether oxygens (including phenoxy) is 2. The van der Waals surface area contributed by atoms with E-state index >= 15 is 0 Å². The highest BCUT2D eigenvalue weighted by Gasteiger charge is 2.24. The maximum absolute atomic E-state index is 12.5. The van der Waals surface area contributed by atoms with Crippen LogP contribution >= 0.6 is 11.8 Å². The van der Waals surface area contributed by atoms with E-state index in [1.807, 2.05) is 72.8 Å². The highest BCUT2D eigenvalue weighted by molar-refractivity contribution is 7.98. The zero-order valence-corrected chi connectivity index (χ0v) is 17.6. The molecule has 0 saturated carbocycles. The standard InChI is InChI=1S/C25H24O4S/c1-28-25(27)23(16-19-9-4-2-5-10-19)29-24(26)17-21-13-8-14-22(15-21)30-18-20-11-6-3-7-12-20/h2-15,23H,16-18H2,1H3. The van der Waals surface area contributed by atoms with Gasteiger partial charge in [-0.25, -0.2) is 4.79 Å². The fraction of sp³-hybridized carbons (Fsp3) is 0.200. The minimum atomic E-state index is -0.958. The van der Waals surface area contributed by atoms with Gasteiger partial charge in [0.2, 0.25) is 6.10 Å². The first-order chi connectivity index (χ1) is 14.6. The summed E-state index contributed by atoms with van der Waals surface area (Å²) in [5.41, 5.74) is 3.00. The van der Waals surface area contributed by atoms with Gasteiger partial charge < -0.3 is 9.47 Å². The van der Waals surface area contributed by atoms with Crippen molar-refractivity contribution >= 4 is 23.7 Å². The normalized spacial score (nSPS) is 11.5. The highest BCUT2D eigenvalue weighted by atomic mass is 32.2. The van der Waals surface area contributed by atoms with Crippen LogP contribution in [0.3, 0.4) is 0 Å². The van der Waals surface area contributed by atoms with Gasteiger partial charge in [0, 0.05) is 17.1 Å². The molecule has 5 heteroatoms. The van der Waals surface area contributed by atoms with Gasteiger partial charge in [-0.1, -0.05) is 72.8 Å². The Balaban J connectivity index is 1.59. The number of carbonyl (C=O) groups excluding carboxylic acids is 2. The lowest BCUT2D eigenvalue weighted by atomic mass is 10.1. The average molecular weight is 421 g/mol. The molecular weight excluding hydrogens is 396 g/mol. The second kappa shape index (κ2) is 11.2. The van der Waals surface area contributed by atoms with Crippen molar-refractivity contribution in [3.05, 3.63) is 102 Å². The van der Waals surface area contributed by atoms with E-state index in [0.29, 0.717) is 0 Å². The van der Waals surface area contributed by atoms with E-state index in [1.54, 1.807) is 11.8 Å². The molecule has 0 saturated heterocycles. The Morgan fingerprint density at radius 1 is 0.833 bits per heavy atom. The second-order valence-electron chi connectivity index (χ2n) is 6.79. The van der Waals surface area contributed by atoms with Crippen molar-refractivity contribution in [1.29, 1.82) is 0 Å². The smallest absolute Gasteiger partial charge is 0.347 e. The summed E-state index contributed by atoms with van der Waals surface area (Å²) < 4.78 is 10.3. The predicted octanol–water partition coefficient (Wildman–Crippen LogP) is 4.85. The summed E-state index contributed by atoms with van der Waals surface area (Å²) in [6.07, 6.45) is -0.575. The Kier molecular flexibility index (Phi) is 8.10. The van der Waals surface area contributed by atoms with E-state index in [0.717, 1.165) is 21.8 Å². The van der Waals surface area contributed by atoms with E-state index < -0.39 is 18.0 Å². The van der Waals surface area contributed by atoms with Crippen LogP contribution in [-0.4, -0.2) is 25.2 Å². The van der Waals surface area contributed by atoms with Crippen LogP contribution in [0, 0.1) is 0 Å². The Labute approximate surface area is 181 Å². The molecule has 0 aliphatic heterocycles. The van der Waals surface area contributed by atoms with Gasteiger partial charge in [-0.05, 0) is 28.8 Å². The van der Waals surface area contributed by atoms with Crippen molar-refractivity contribution in [1.82, 2.24) is 0 Å². The molecule has 0 radical (unpaired) electrons. The number of benzene rings is 3.